The lowest BCUT2D eigenvalue weighted by molar-refractivity contribution is 0.366. The molecule has 0 fully saturated rings. The van der Waals surface area contributed by atoms with Gasteiger partial charge in [0.05, 0.1) is 38.8 Å². The van der Waals surface area contributed by atoms with Crippen LogP contribution in [0, 0.1) is 0 Å². The summed E-state index contributed by atoms with van der Waals surface area (Å²) in [5.41, 5.74) is 15.7. The first kappa shape index (κ1) is 36.3. The van der Waals surface area contributed by atoms with E-state index >= 15 is 0 Å². The smallest absolute Gasteiger partial charge is 0.149 e. The molecule has 9 aromatic carbocycles. The predicted octanol–water partition coefficient (Wildman–Crippen LogP) is 14.5. The van der Waals surface area contributed by atoms with Crippen molar-refractivity contribution in [3.05, 3.63) is 241 Å². The van der Waals surface area contributed by atoms with Gasteiger partial charge in [0.25, 0.3) is 0 Å². The molecule has 12 aromatic rings. The first-order chi connectivity index (χ1) is 31.7. The molecule has 3 aromatic heterocycles. The number of aliphatic imine (C=N–C) groups is 1. The zero-order valence-electron chi connectivity index (χ0n) is 35.2. The van der Waals surface area contributed by atoms with E-state index in [4.69, 9.17) is 4.99 Å². The van der Waals surface area contributed by atoms with E-state index in [0.717, 1.165) is 56.2 Å². The summed E-state index contributed by atoms with van der Waals surface area (Å²) in [5, 5.41) is 7.27. The summed E-state index contributed by atoms with van der Waals surface area (Å²) in [6, 6.07) is 78.9. The van der Waals surface area contributed by atoms with E-state index in [2.05, 4.69) is 250 Å². The van der Waals surface area contributed by atoms with Crippen LogP contribution in [-0.4, -0.2) is 31.4 Å². The second-order valence-electron chi connectivity index (χ2n) is 16.7. The Morgan fingerprint density at radius 3 is 1.22 bits per heavy atom. The van der Waals surface area contributed by atoms with Crippen LogP contribution in [0.2, 0.25) is 0 Å². The summed E-state index contributed by atoms with van der Waals surface area (Å²) < 4.78 is 7.30. The second kappa shape index (κ2) is 14.3. The first-order valence-corrected chi connectivity index (χ1v) is 22.0. The van der Waals surface area contributed by atoms with E-state index in [1.807, 2.05) is 0 Å². The summed E-state index contributed by atoms with van der Waals surface area (Å²) in [5.74, 6) is 0. The van der Waals surface area contributed by atoms with Crippen molar-refractivity contribution in [2.45, 2.75) is 6.17 Å². The van der Waals surface area contributed by atoms with Crippen molar-refractivity contribution in [1.82, 2.24) is 18.6 Å². The zero-order valence-corrected chi connectivity index (χ0v) is 35.2. The quantitative estimate of drug-likeness (QED) is 0.164. The molecule has 13 rings (SSSR count). The summed E-state index contributed by atoms with van der Waals surface area (Å²) in [7, 11) is 2.22. The fraction of sp³-hybridized carbons (Fsp3) is 0.0339. The highest BCUT2D eigenvalue weighted by molar-refractivity contribution is 6.24. The lowest BCUT2D eigenvalue weighted by atomic mass is 9.97. The van der Waals surface area contributed by atoms with Crippen LogP contribution < -0.4 is 0 Å². The van der Waals surface area contributed by atoms with Gasteiger partial charge < -0.3 is 18.6 Å². The van der Waals surface area contributed by atoms with Gasteiger partial charge in [-0.05, 0) is 60.7 Å². The Labute approximate surface area is 370 Å². The van der Waals surface area contributed by atoms with Crippen LogP contribution in [0.1, 0.15) is 22.9 Å². The molecule has 0 bridgehead atoms. The topological polar surface area (TPSA) is 30.4 Å². The minimum absolute atomic E-state index is 0.389. The molecule has 302 valence electrons. The molecule has 64 heavy (non-hydrogen) atoms. The Balaban J connectivity index is 1.15. The first-order valence-electron chi connectivity index (χ1n) is 22.0. The van der Waals surface area contributed by atoms with E-state index in [1.54, 1.807) is 0 Å². The van der Waals surface area contributed by atoms with Crippen LogP contribution >= 0.6 is 0 Å². The van der Waals surface area contributed by atoms with Gasteiger partial charge >= 0.3 is 0 Å². The zero-order chi connectivity index (χ0) is 42.3. The molecular formula is C59H41N5. The summed E-state index contributed by atoms with van der Waals surface area (Å²) in [4.78, 5) is 8.33. The van der Waals surface area contributed by atoms with Gasteiger partial charge in [-0.25, -0.2) is 0 Å². The molecule has 1 unspecified atom stereocenters. The van der Waals surface area contributed by atoms with E-state index in [0.29, 0.717) is 0 Å². The lowest BCUT2D eigenvalue weighted by Gasteiger charge is -2.35. The van der Waals surface area contributed by atoms with E-state index in [-0.39, 0.29) is 6.17 Å². The Hall–Kier alpha value is -8.41. The standard InChI is InChI=1S/C59H41N5/c1-61-55(49-33-18-30-46-43-27-12-15-36-53(43)63(57(46)49)40-22-7-3-8-23-40)38-51(48-32-17-29-45-42-26-11-14-35-52(42)62(56(45)48)39-20-5-2-6-21-39)60-59(61)50-34-19-31-47-44-28-13-16-37-54(44)64(58(47)50)41-24-9-4-10-25-41/h2-38,59H,1H3. The number of aromatic nitrogens is 3. The normalized spacial score (nSPS) is 14.3. The van der Waals surface area contributed by atoms with Crippen LogP contribution in [0.5, 0.6) is 0 Å². The maximum absolute atomic E-state index is 5.93. The molecule has 5 heteroatoms. The van der Waals surface area contributed by atoms with Gasteiger partial charge in [-0.2, -0.15) is 0 Å². The molecule has 0 radical (unpaired) electrons. The molecule has 0 spiro atoms. The van der Waals surface area contributed by atoms with Crippen molar-refractivity contribution in [3.63, 3.8) is 0 Å². The second-order valence-corrected chi connectivity index (χ2v) is 16.7. The average Bonchev–Trinajstić information content (AvgIpc) is 4.01. The van der Waals surface area contributed by atoms with Crippen LogP contribution in [0.4, 0.5) is 0 Å². The average molecular weight is 820 g/mol. The van der Waals surface area contributed by atoms with Gasteiger partial charge in [0.2, 0.25) is 0 Å². The fourth-order valence-electron chi connectivity index (χ4n) is 10.6. The van der Waals surface area contributed by atoms with Gasteiger partial charge in [-0.15, -0.1) is 0 Å². The number of benzene rings is 9. The molecule has 0 saturated carbocycles. The fourth-order valence-corrected chi connectivity index (χ4v) is 10.6. The van der Waals surface area contributed by atoms with Gasteiger partial charge in [-0.3, -0.25) is 4.99 Å². The Morgan fingerprint density at radius 1 is 0.344 bits per heavy atom. The minimum Gasteiger partial charge on any atom is -0.348 e. The molecule has 1 atom stereocenters. The number of nitrogens with zero attached hydrogens (tertiary/aromatic N) is 5. The van der Waals surface area contributed by atoms with E-state index in [1.165, 1.54) is 54.4 Å². The van der Waals surface area contributed by atoms with Crippen molar-refractivity contribution in [2.24, 2.45) is 4.99 Å². The number of para-hydroxylation sites is 9. The van der Waals surface area contributed by atoms with Crippen LogP contribution in [0.3, 0.4) is 0 Å². The van der Waals surface area contributed by atoms with Crippen molar-refractivity contribution in [2.75, 3.05) is 7.05 Å². The third-order valence-electron chi connectivity index (χ3n) is 13.3. The van der Waals surface area contributed by atoms with E-state index in [9.17, 15) is 0 Å². The highest BCUT2D eigenvalue weighted by atomic mass is 15.3. The monoisotopic (exact) mass is 819 g/mol. The molecule has 1 aliphatic heterocycles. The molecule has 0 aliphatic carbocycles. The molecule has 4 heterocycles. The summed E-state index contributed by atoms with van der Waals surface area (Å²) in [6.45, 7) is 0. The number of hydrogen-bond donors (Lipinski definition) is 0. The molecule has 0 N–H and O–H groups in total. The molecule has 0 amide bonds. The number of fused-ring (bicyclic) bond motifs is 9. The van der Waals surface area contributed by atoms with Gasteiger partial charge in [-0.1, -0.05) is 164 Å². The Morgan fingerprint density at radius 2 is 0.719 bits per heavy atom. The summed E-state index contributed by atoms with van der Waals surface area (Å²) >= 11 is 0. The van der Waals surface area contributed by atoms with Crippen molar-refractivity contribution < 1.29 is 0 Å². The maximum Gasteiger partial charge on any atom is 0.149 e. The van der Waals surface area contributed by atoms with Crippen LogP contribution in [-0.2, 0) is 0 Å². The SMILES string of the molecule is CN1C(c2cccc3c4ccccc4n(-c4ccccc4)c23)=CC(c2cccc3c4ccccc4n(-c4ccccc4)c23)=NC1c1cccc2c3ccccc3n(-c3ccccc3)c12. The largest absolute Gasteiger partial charge is 0.348 e. The molecule has 5 nitrogen and oxygen atoms in total. The van der Waals surface area contributed by atoms with Crippen molar-refractivity contribution >= 4 is 76.8 Å². The lowest BCUT2D eigenvalue weighted by Crippen LogP contribution is -2.28. The predicted molar refractivity (Wildman–Crippen MR) is 267 cm³/mol. The third kappa shape index (κ3) is 5.34. The highest BCUT2D eigenvalue weighted by Gasteiger charge is 2.31. The summed E-state index contributed by atoms with van der Waals surface area (Å²) in [6.07, 6.45) is 1.95. The third-order valence-corrected chi connectivity index (χ3v) is 13.3. The van der Waals surface area contributed by atoms with Gasteiger partial charge in [0.15, 0.2) is 0 Å². The van der Waals surface area contributed by atoms with Crippen LogP contribution in [0.25, 0.3) is 88.2 Å². The van der Waals surface area contributed by atoms with Crippen molar-refractivity contribution in [3.8, 4) is 17.1 Å². The minimum atomic E-state index is -0.389. The highest BCUT2D eigenvalue weighted by Crippen LogP contribution is 2.45. The molecular weight excluding hydrogens is 779 g/mol. The maximum atomic E-state index is 5.93. The van der Waals surface area contributed by atoms with Crippen LogP contribution in [0.15, 0.2) is 229 Å². The van der Waals surface area contributed by atoms with E-state index < -0.39 is 0 Å². The molecule has 0 saturated heterocycles. The van der Waals surface area contributed by atoms with Gasteiger partial charge in [0.1, 0.15) is 6.17 Å². The Kier molecular flexibility index (Phi) is 8.12. The number of rotatable bonds is 6. The van der Waals surface area contributed by atoms with Gasteiger partial charge in [0, 0.05) is 78.8 Å². The van der Waals surface area contributed by atoms with Crippen molar-refractivity contribution in [1.29, 1.82) is 0 Å². The number of allylic oxidation sites excluding steroid dienone is 1. The number of hydrogen-bond acceptors (Lipinski definition) is 2. The molecule has 1 aliphatic rings. The Bertz CT molecular complexity index is 3850.